The van der Waals surface area contributed by atoms with E-state index in [0.717, 1.165) is 6.42 Å². The third-order valence-electron chi connectivity index (χ3n) is 3.31. The summed E-state index contributed by atoms with van der Waals surface area (Å²) in [5.41, 5.74) is 1.77. The van der Waals surface area contributed by atoms with Crippen LogP contribution in [0.25, 0.3) is 5.57 Å². The monoisotopic (exact) mass is 372 g/mol. The first-order valence-electron chi connectivity index (χ1n) is 7.90. The number of allylic oxidation sites excluding steroid dienone is 2. The van der Waals surface area contributed by atoms with E-state index in [2.05, 4.69) is 10.8 Å². The van der Waals surface area contributed by atoms with E-state index >= 15 is 0 Å². The molecule has 0 aliphatic heterocycles. The minimum absolute atomic E-state index is 0.239. The highest BCUT2D eigenvalue weighted by Crippen LogP contribution is 2.26. The molecule has 4 nitrogen and oxygen atoms in total. The van der Waals surface area contributed by atoms with Crippen LogP contribution in [0.3, 0.4) is 0 Å². The fraction of sp³-hybridized carbons (Fsp3) is 0.444. The molecule has 1 unspecified atom stereocenters. The molecule has 0 saturated heterocycles. The summed E-state index contributed by atoms with van der Waals surface area (Å²) in [4.78, 5) is 21.2. The molecule has 0 bridgehead atoms. The average Bonchev–Trinajstić information content (AvgIpc) is 2.55. The fourth-order valence-corrected chi connectivity index (χ4v) is 2.52. The van der Waals surface area contributed by atoms with E-state index in [4.69, 9.17) is 27.9 Å². The van der Waals surface area contributed by atoms with Gasteiger partial charge in [-0.3, -0.25) is 0 Å². The topological polar surface area (TPSA) is 52.6 Å². The molecule has 0 fully saturated rings. The van der Waals surface area contributed by atoms with Crippen LogP contribution in [0.15, 0.2) is 30.3 Å². The molecule has 1 aromatic rings. The molecular weight excluding hydrogens is 351 g/mol. The second-order valence-corrected chi connectivity index (χ2v) is 6.09. The summed E-state index contributed by atoms with van der Waals surface area (Å²) in [6, 6.07) is 7.73. The van der Waals surface area contributed by atoms with Crippen LogP contribution in [0, 0.1) is 0 Å². The molecule has 0 amide bonds. The molecular formula is C18H22Cl2O4. The number of alkyl halides is 1. The Bertz CT molecular complexity index is 565. The molecule has 1 aromatic carbocycles. The summed E-state index contributed by atoms with van der Waals surface area (Å²) in [6.07, 6.45) is 7.20. The van der Waals surface area contributed by atoms with E-state index in [1.54, 1.807) is 0 Å². The number of carbonyl (C=O) groups excluding carboxylic acids is 2. The highest BCUT2D eigenvalue weighted by atomic mass is 35.5. The zero-order chi connectivity index (χ0) is 17.9. The van der Waals surface area contributed by atoms with Gasteiger partial charge >= 0.3 is 11.4 Å². The lowest BCUT2D eigenvalue weighted by Gasteiger charge is -2.13. The summed E-state index contributed by atoms with van der Waals surface area (Å²) in [5.74, 6) is -0.239. The van der Waals surface area contributed by atoms with Crippen molar-refractivity contribution in [2.24, 2.45) is 0 Å². The maximum atomic E-state index is 11.5. The molecule has 0 saturated carbocycles. The van der Waals surface area contributed by atoms with Crippen molar-refractivity contribution in [1.29, 1.82) is 0 Å². The van der Waals surface area contributed by atoms with E-state index in [1.165, 1.54) is 37.3 Å². The van der Waals surface area contributed by atoms with Gasteiger partial charge in [0.25, 0.3) is 0 Å². The Morgan fingerprint density at radius 2 is 1.88 bits per heavy atom. The first-order valence-corrected chi connectivity index (χ1v) is 8.72. The lowest BCUT2D eigenvalue weighted by molar-refractivity contribution is 0.0526. The standard InChI is InChI=1S/C15H18O2.C3H4Cl2O2/c1-2-17-15(16)14-10-8-13(9-11-14)12-6-4-3-5-7-12;1-2(4)7-3(5)6/h6,8-11H,2-5,7H2,1H3;2H,1H3. The predicted molar refractivity (Wildman–Crippen MR) is 96.5 cm³/mol. The molecule has 0 heterocycles. The molecule has 0 spiro atoms. The first-order chi connectivity index (χ1) is 11.4. The van der Waals surface area contributed by atoms with Crippen molar-refractivity contribution >= 4 is 40.2 Å². The number of esters is 1. The quantitative estimate of drug-likeness (QED) is 0.382. The Morgan fingerprint density at radius 3 is 2.29 bits per heavy atom. The van der Waals surface area contributed by atoms with Crippen LogP contribution in [0.2, 0.25) is 0 Å². The first kappa shape index (κ1) is 20.5. The van der Waals surface area contributed by atoms with Crippen LogP contribution < -0.4 is 0 Å². The van der Waals surface area contributed by atoms with Crippen molar-refractivity contribution in [3.05, 3.63) is 41.5 Å². The van der Waals surface area contributed by atoms with Crippen LogP contribution in [0.4, 0.5) is 4.79 Å². The minimum Gasteiger partial charge on any atom is -0.462 e. The number of hydrogen-bond acceptors (Lipinski definition) is 4. The van der Waals surface area contributed by atoms with Crippen LogP contribution in [0.1, 0.15) is 55.5 Å². The van der Waals surface area contributed by atoms with Gasteiger partial charge in [-0.25, -0.2) is 9.59 Å². The number of benzene rings is 1. The molecule has 1 aliphatic rings. The second kappa shape index (κ2) is 11.1. The van der Waals surface area contributed by atoms with Crippen molar-refractivity contribution in [2.75, 3.05) is 6.61 Å². The highest BCUT2D eigenvalue weighted by Gasteiger charge is 2.09. The number of halogens is 2. The van der Waals surface area contributed by atoms with Gasteiger partial charge in [-0.15, -0.1) is 0 Å². The van der Waals surface area contributed by atoms with E-state index < -0.39 is 11.0 Å². The van der Waals surface area contributed by atoms with Crippen molar-refractivity contribution < 1.29 is 19.1 Å². The van der Waals surface area contributed by atoms with Crippen molar-refractivity contribution in [3.63, 3.8) is 0 Å². The SMILES string of the molecule is CC(Cl)OC(=O)Cl.CCOC(=O)c1ccc(C2=CCCCC2)cc1. The number of carbonyl (C=O) groups is 2. The zero-order valence-electron chi connectivity index (χ0n) is 13.9. The Kier molecular flexibility index (Phi) is 9.50. The number of ether oxygens (including phenoxy) is 2. The number of hydrogen-bond donors (Lipinski definition) is 0. The van der Waals surface area contributed by atoms with Gasteiger partial charge < -0.3 is 9.47 Å². The maximum Gasteiger partial charge on any atom is 0.405 e. The van der Waals surface area contributed by atoms with E-state index in [1.807, 2.05) is 31.2 Å². The lowest BCUT2D eigenvalue weighted by Crippen LogP contribution is -2.04. The van der Waals surface area contributed by atoms with Crippen LogP contribution in [0.5, 0.6) is 0 Å². The normalized spacial score (nSPS) is 14.6. The number of rotatable bonds is 4. The Morgan fingerprint density at radius 1 is 1.21 bits per heavy atom. The summed E-state index contributed by atoms with van der Waals surface area (Å²) >= 11 is 9.87. The zero-order valence-corrected chi connectivity index (χ0v) is 15.4. The molecule has 2 rings (SSSR count). The van der Waals surface area contributed by atoms with Gasteiger partial charge in [-0.2, -0.15) is 0 Å². The molecule has 132 valence electrons. The largest absolute Gasteiger partial charge is 0.462 e. The van der Waals surface area contributed by atoms with Gasteiger partial charge in [0.2, 0.25) is 0 Å². The van der Waals surface area contributed by atoms with Crippen molar-refractivity contribution in [2.45, 2.75) is 45.1 Å². The smallest absolute Gasteiger partial charge is 0.405 e. The van der Waals surface area contributed by atoms with Crippen molar-refractivity contribution in [1.82, 2.24) is 0 Å². The summed E-state index contributed by atoms with van der Waals surface area (Å²) in [6.45, 7) is 3.74. The predicted octanol–water partition coefficient (Wildman–Crippen LogP) is 5.77. The molecule has 1 atom stereocenters. The van der Waals surface area contributed by atoms with Gasteiger partial charge in [0.05, 0.1) is 12.2 Å². The van der Waals surface area contributed by atoms with Gasteiger partial charge in [-0.05, 0) is 62.8 Å². The second-order valence-electron chi connectivity index (χ2n) is 5.17. The van der Waals surface area contributed by atoms with E-state index in [9.17, 15) is 9.59 Å². The molecule has 0 radical (unpaired) electrons. The Labute approximate surface area is 152 Å². The van der Waals surface area contributed by atoms with E-state index in [-0.39, 0.29) is 5.97 Å². The molecule has 6 heteroatoms. The third kappa shape index (κ3) is 7.84. The Hall–Kier alpha value is -1.52. The summed E-state index contributed by atoms with van der Waals surface area (Å²) in [5, 5.41) is 0. The maximum absolute atomic E-state index is 11.5. The summed E-state index contributed by atoms with van der Waals surface area (Å²) < 4.78 is 9.10. The van der Waals surface area contributed by atoms with Crippen molar-refractivity contribution in [3.8, 4) is 0 Å². The van der Waals surface area contributed by atoms with Gasteiger partial charge in [0, 0.05) is 11.6 Å². The highest BCUT2D eigenvalue weighted by molar-refractivity contribution is 6.61. The van der Waals surface area contributed by atoms with Crippen LogP contribution >= 0.6 is 23.2 Å². The Balaban J connectivity index is 0.000000351. The molecule has 24 heavy (non-hydrogen) atoms. The van der Waals surface area contributed by atoms with Crippen LogP contribution in [-0.4, -0.2) is 23.6 Å². The molecule has 1 aliphatic carbocycles. The van der Waals surface area contributed by atoms with Crippen LogP contribution in [-0.2, 0) is 9.47 Å². The fourth-order valence-electron chi connectivity index (χ4n) is 2.26. The van der Waals surface area contributed by atoms with Gasteiger partial charge in [0.1, 0.15) is 0 Å². The third-order valence-corrected chi connectivity index (χ3v) is 3.49. The van der Waals surface area contributed by atoms with Gasteiger partial charge in [0.15, 0.2) is 5.56 Å². The molecule has 0 N–H and O–H groups in total. The lowest BCUT2D eigenvalue weighted by atomic mass is 9.93. The average molecular weight is 373 g/mol. The molecule has 0 aromatic heterocycles. The van der Waals surface area contributed by atoms with Gasteiger partial charge in [-0.1, -0.05) is 29.8 Å². The van der Waals surface area contributed by atoms with E-state index in [0.29, 0.717) is 12.2 Å². The minimum atomic E-state index is -0.873. The summed E-state index contributed by atoms with van der Waals surface area (Å²) in [7, 11) is 0.